The number of H-pyrrole nitrogens is 1. The number of nitrogens with zero attached hydrogens (tertiary/aromatic N) is 3. The molecule has 4 N–H and O–H groups in total. The SMILES string of the molecule is O=c1c2[nH]cnc2nc2n1C1(O)CCCCC1(O)N2. The van der Waals surface area contributed by atoms with Gasteiger partial charge < -0.3 is 20.5 Å². The Labute approximate surface area is 107 Å². The van der Waals surface area contributed by atoms with E-state index in [0.717, 1.165) is 17.4 Å². The second kappa shape index (κ2) is 3.14. The highest BCUT2D eigenvalue weighted by Crippen LogP contribution is 2.46. The summed E-state index contributed by atoms with van der Waals surface area (Å²) in [6, 6.07) is 0. The lowest BCUT2D eigenvalue weighted by Crippen LogP contribution is -2.58. The Bertz CT molecular complexity index is 737. The molecule has 2 aliphatic rings. The fraction of sp³-hybridized carbons (Fsp3) is 0.545. The van der Waals surface area contributed by atoms with E-state index in [0.29, 0.717) is 12.8 Å². The van der Waals surface area contributed by atoms with Gasteiger partial charge in [0, 0.05) is 6.42 Å². The van der Waals surface area contributed by atoms with E-state index in [1.165, 1.54) is 6.33 Å². The van der Waals surface area contributed by atoms with Crippen LogP contribution in [-0.2, 0) is 5.72 Å². The summed E-state index contributed by atoms with van der Waals surface area (Å²) in [5, 5.41) is 24.1. The van der Waals surface area contributed by atoms with Gasteiger partial charge in [-0.05, 0) is 19.3 Å². The van der Waals surface area contributed by atoms with Crippen molar-refractivity contribution >= 4 is 17.1 Å². The lowest BCUT2D eigenvalue weighted by atomic mass is 9.84. The largest absolute Gasteiger partial charge is 0.367 e. The third-order valence-electron chi connectivity index (χ3n) is 4.12. The van der Waals surface area contributed by atoms with Crippen LogP contribution in [0, 0.1) is 0 Å². The van der Waals surface area contributed by atoms with Gasteiger partial charge in [-0.2, -0.15) is 4.98 Å². The van der Waals surface area contributed by atoms with Crippen LogP contribution in [0.5, 0.6) is 0 Å². The van der Waals surface area contributed by atoms with Gasteiger partial charge in [-0.15, -0.1) is 0 Å². The summed E-state index contributed by atoms with van der Waals surface area (Å²) in [6.07, 6.45) is 3.59. The van der Waals surface area contributed by atoms with Crippen molar-refractivity contribution in [2.75, 3.05) is 5.32 Å². The third kappa shape index (κ3) is 1.13. The molecule has 100 valence electrons. The number of anilines is 1. The van der Waals surface area contributed by atoms with E-state index >= 15 is 0 Å². The van der Waals surface area contributed by atoms with Crippen LogP contribution in [0.2, 0.25) is 0 Å². The number of hydrogen-bond donors (Lipinski definition) is 4. The standard InChI is InChI=1S/C11H13N5O3/c17-8-6-7(13-5-12-6)14-9-15-10(18)3-1-2-4-11(10,19)16(8)9/h5,18-19H,1-4H2,(H,12,13)(H,14,15). The molecular formula is C11H13N5O3. The molecule has 1 saturated carbocycles. The van der Waals surface area contributed by atoms with E-state index < -0.39 is 17.0 Å². The molecule has 2 atom stereocenters. The minimum Gasteiger partial charge on any atom is -0.367 e. The number of nitrogens with one attached hydrogen (secondary N) is 2. The Morgan fingerprint density at radius 1 is 1.32 bits per heavy atom. The second-order valence-electron chi connectivity index (χ2n) is 5.19. The molecule has 0 spiro atoms. The second-order valence-corrected chi connectivity index (χ2v) is 5.19. The monoisotopic (exact) mass is 263 g/mol. The van der Waals surface area contributed by atoms with Crippen LogP contribution >= 0.6 is 0 Å². The summed E-state index contributed by atoms with van der Waals surface area (Å²) in [6.45, 7) is 0. The number of aliphatic hydroxyl groups is 2. The summed E-state index contributed by atoms with van der Waals surface area (Å²) in [4.78, 5) is 23.3. The molecular weight excluding hydrogens is 250 g/mol. The summed E-state index contributed by atoms with van der Waals surface area (Å²) in [5.74, 6) is 0.163. The van der Waals surface area contributed by atoms with E-state index in [1.54, 1.807) is 0 Å². The van der Waals surface area contributed by atoms with Gasteiger partial charge >= 0.3 is 0 Å². The molecule has 1 fully saturated rings. The van der Waals surface area contributed by atoms with Crippen LogP contribution in [0.25, 0.3) is 11.2 Å². The van der Waals surface area contributed by atoms with Crippen LogP contribution in [-0.4, -0.2) is 35.5 Å². The normalized spacial score (nSPS) is 32.9. The summed E-state index contributed by atoms with van der Waals surface area (Å²) in [5.41, 5.74) is -3.11. The molecule has 2 aromatic rings. The highest BCUT2D eigenvalue weighted by Gasteiger charge is 2.59. The zero-order valence-corrected chi connectivity index (χ0v) is 10.1. The van der Waals surface area contributed by atoms with Gasteiger partial charge in [0.2, 0.25) is 5.95 Å². The predicted octanol–water partition coefficient (Wildman–Crippen LogP) is -0.547. The van der Waals surface area contributed by atoms with E-state index in [2.05, 4.69) is 20.3 Å². The van der Waals surface area contributed by atoms with Crippen LogP contribution < -0.4 is 10.9 Å². The minimum atomic E-state index is -1.65. The smallest absolute Gasteiger partial charge is 0.283 e. The first-order chi connectivity index (χ1) is 9.05. The van der Waals surface area contributed by atoms with Gasteiger partial charge in [0.15, 0.2) is 22.6 Å². The first-order valence-electron chi connectivity index (χ1n) is 6.25. The zero-order valence-electron chi connectivity index (χ0n) is 10.1. The maximum absolute atomic E-state index is 12.4. The highest BCUT2D eigenvalue weighted by molar-refractivity contribution is 5.71. The molecule has 3 heterocycles. The van der Waals surface area contributed by atoms with Gasteiger partial charge in [-0.25, -0.2) is 9.55 Å². The summed E-state index contributed by atoms with van der Waals surface area (Å²) < 4.78 is 1.15. The fourth-order valence-corrected chi connectivity index (χ4v) is 3.12. The first kappa shape index (κ1) is 10.9. The fourth-order valence-electron chi connectivity index (χ4n) is 3.12. The quantitative estimate of drug-likeness (QED) is 0.507. The topological polar surface area (TPSA) is 116 Å². The lowest BCUT2D eigenvalue weighted by Gasteiger charge is -2.41. The molecule has 0 aromatic carbocycles. The van der Waals surface area contributed by atoms with Crippen molar-refractivity contribution in [3.05, 3.63) is 16.7 Å². The summed E-state index contributed by atoms with van der Waals surface area (Å²) in [7, 11) is 0. The van der Waals surface area contributed by atoms with Crippen molar-refractivity contribution in [2.45, 2.75) is 37.1 Å². The lowest BCUT2D eigenvalue weighted by molar-refractivity contribution is -0.197. The Balaban J connectivity index is 2.07. The number of aromatic nitrogens is 4. The minimum absolute atomic E-state index is 0.163. The number of rotatable bonds is 0. The number of fused-ring (bicyclic) bond motifs is 4. The predicted molar refractivity (Wildman–Crippen MR) is 65.4 cm³/mol. The Morgan fingerprint density at radius 3 is 2.95 bits per heavy atom. The van der Waals surface area contributed by atoms with E-state index in [-0.39, 0.29) is 17.1 Å². The molecule has 2 aromatic heterocycles. The highest BCUT2D eigenvalue weighted by atomic mass is 16.4. The number of hydrogen-bond acceptors (Lipinski definition) is 6. The zero-order chi connectivity index (χ0) is 13.3. The van der Waals surface area contributed by atoms with Crippen molar-refractivity contribution in [1.29, 1.82) is 0 Å². The maximum atomic E-state index is 12.4. The van der Waals surface area contributed by atoms with Crippen molar-refractivity contribution in [2.24, 2.45) is 0 Å². The number of aromatic amines is 1. The van der Waals surface area contributed by atoms with Gasteiger partial charge in [-0.1, -0.05) is 0 Å². The average Bonchev–Trinajstić information content (AvgIpc) is 2.89. The Morgan fingerprint density at radius 2 is 2.11 bits per heavy atom. The first-order valence-corrected chi connectivity index (χ1v) is 6.25. The molecule has 4 rings (SSSR count). The van der Waals surface area contributed by atoms with Crippen LogP contribution in [0.4, 0.5) is 5.95 Å². The van der Waals surface area contributed by atoms with Crippen molar-refractivity contribution in [1.82, 2.24) is 19.5 Å². The number of imidazole rings is 1. The molecule has 8 heteroatoms. The molecule has 0 radical (unpaired) electrons. The molecule has 0 amide bonds. The van der Waals surface area contributed by atoms with Gasteiger partial charge in [0.1, 0.15) is 0 Å². The molecule has 0 saturated heterocycles. The molecule has 2 unspecified atom stereocenters. The van der Waals surface area contributed by atoms with Crippen LogP contribution in [0.1, 0.15) is 25.7 Å². The Hall–Kier alpha value is -1.93. The van der Waals surface area contributed by atoms with E-state index in [1.807, 2.05) is 0 Å². The van der Waals surface area contributed by atoms with Crippen LogP contribution in [0.3, 0.4) is 0 Å². The van der Waals surface area contributed by atoms with E-state index in [9.17, 15) is 15.0 Å². The molecule has 0 bridgehead atoms. The van der Waals surface area contributed by atoms with Gasteiger partial charge in [0.25, 0.3) is 5.56 Å². The molecule has 1 aliphatic carbocycles. The summed E-state index contributed by atoms with van der Waals surface area (Å²) >= 11 is 0. The maximum Gasteiger partial charge on any atom is 0.283 e. The van der Waals surface area contributed by atoms with Gasteiger partial charge in [0.05, 0.1) is 6.33 Å². The van der Waals surface area contributed by atoms with Crippen LogP contribution in [0.15, 0.2) is 11.1 Å². The molecule has 19 heavy (non-hydrogen) atoms. The average molecular weight is 263 g/mol. The van der Waals surface area contributed by atoms with Gasteiger partial charge in [-0.3, -0.25) is 4.79 Å². The third-order valence-corrected chi connectivity index (χ3v) is 4.12. The van der Waals surface area contributed by atoms with Crippen molar-refractivity contribution < 1.29 is 10.2 Å². The molecule has 1 aliphatic heterocycles. The Kier molecular flexibility index (Phi) is 1.81. The molecule has 8 nitrogen and oxygen atoms in total. The van der Waals surface area contributed by atoms with Crippen molar-refractivity contribution in [3.63, 3.8) is 0 Å². The van der Waals surface area contributed by atoms with Crippen molar-refractivity contribution in [3.8, 4) is 0 Å². The van der Waals surface area contributed by atoms with E-state index in [4.69, 9.17) is 0 Å².